The van der Waals surface area contributed by atoms with E-state index >= 15 is 0 Å². The van der Waals surface area contributed by atoms with Crippen molar-refractivity contribution >= 4 is 23.2 Å². The van der Waals surface area contributed by atoms with Gasteiger partial charge in [0.2, 0.25) is 0 Å². The number of halogens is 2. The summed E-state index contributed by atoms with van der Waals surface area (Å²) >= 11 is 12.4. The fraction of sp³-hybridized carbons (Fsp3) is 0.333. The molecule has 1 heterocycles. The molecule has 4 heteroatoms. The fourth-order valence-corrected chi connectivity index (χ4v) is 2.64. The first kappa shape index (κ1) is 14.4. The van der Waals surface area contributed by atoms with Crippen molar-refractivity contribution in [2.24, 2.45) is 5.73 Å². The highest BCUT2D eigenvalue weighted by molar-refractivity contribution is 6.35. The summed E-state index contributed by atoms with van der Waals surface area (Å²) in [5, 5.41) is 1.39. The quantitative estimate of drug-likeness (QED) is 0.856. The minimum Gasteiger partial charge on any atom is -0.349 e. The van der Waals surface area contributed by atoms with E-state index in [9.17, 15) is 0 Å². The summed E-state index contributed by atoms with van der Waals surface area (Å²) in [6.07, 6.45) is 6.17. The summed E-state index contributed by atoms with van der Waals surface area (Å²) in [6.45, 7) is 2.80. The second kappa shape index (κ2) is 6.47. The molecule has 1 unspecified atom stereocenters. The van der Waals surface area contributed by atoms with E-state index in [2.05, 4.69) is 23.8 Å². The first-order valence-corrected chi connectivity index (χ1v) is 7.21. The van der Waals surface area contributed by atoms with E-state index in [1.54, 1.807) is 0 Å². The smallest absolute Gasteiger partial charge is 0.0499 e. The van der Waals surface area contributed by atoms with Gasteiger partial charge in [0.25, 0.3) is 0 Å². The summed E-state index contributed by atoms with van der Waals surface area (Å²) in [5.41, 5.74) is 8.21. The summed E-state index contributed by atoms with van der Waals surface area (Å²) in [6, 6.07) is 7.73. The van der Waals surface area contributed by atoms with Gasteiger partial charge in [0.15, 0.2) is 0 Å². The van der Waals surface area contributed by atoms with Crippen molar-refractivity contribution < 1.29 is 0 Å². The zero-order valence-electron chi connectivity index (χ0n) is 10.9. The highest BCUT2D eigenvalue weighted by Gasteiger charge is 2.09. The molecule has 2 nitrogen and oxygen atoms in total. The Morgan fingerprint density at radius 3 is 2.53 bits per heavy atom. The second-order valence-corrected chi connectivity index (χ2v) is 5.53. The van der Waals surface area contributed by atoms with Gasteiger partial charge < -0.3 is 10.3 Å². The Labute approximate surface area is 124 Å². The number of hydrogen-bond acceptors (Lipinski definition) is 1. The monoisotopic (exact) mass is 296 g/mol. The first-order chi connectivity index (χ1) is 9.11. The predicted molar refractivity (Wildman–Crippen MR) is 81.8 cm³/mol. The Bertz CT molecular complexity index is 529. The third kappa shape index (κ3) is 3.53. The van der Waals surface area contributed by atoms with Crippen LogP contribution in [-0.2, 0) is 6.54 Å². The summed E-state index contributed by atoms with van der Waals surface area (Å²) < 4.78 is 2.07. The minimum absolute atomic E-state index is 0.105. The Morgan fingerprint density at radius 1 is 1.21 bits per heavy atom. The molecule has 102 valence electrons. The molecule has 1 atom stereocenters. The van der Waals surface area contributed by atoms with E-state index in [1.165, 1.54) is 0 Å². The fourth-order valence-electron chi connectivity index (χ4n) is 2.12. The Balaban J connectivity index is 2.16. The van der Waals surface area contributed by atoms with Gasteiger partial charge in [-0.05, 0) is 30.2 Å². The lowest BCUT2D eigenvalue weighted by Gasteiger charge is -2.09. The van der Waals surface area contributed by atoms with Gasteiger partial charge in [-0.15, -0.1) is 0 Å². The van der Waals surface area contributed by atoms with E-state index in [0.29, 0.717) is 16.6 Å². The van der Waals surface area contributed by atoms with Crippen LogP contribution in [0.2, 0.25) is 10.0 Å². The largest absolute Gasteiger partial charge is 0.349 e. The molecule has 0 aliphatic heterocycles. The third-order valence-corrected chi connectivity index (χ3v) is 3.91. The molecular formula is C15H18Cl2N2. The topological polar surface area (TPSA) is 30.9 Å². The normalized spacial score (nSPS) is 12.6. The van der Waals surface area contributed by atoms with Gasteiger partial charge in [-0.25, -0.2) is 0 Å². The van der Waals surface area contributed by atoms with Crippen molar-refractivity contribution in [2.75, 3.05) is 0 Å². The SMILES string of the molecule is CCCC(N)c1ccn(Cc2c(Cl)cccc2Cl)c1. The van der Waals surface area contributed by atoms with Crippen LogP contribution in [0.5, 0.6) is 0 Å². The maximum atomic E-state index is 6.18. The number of benzene rings is 1. The molecule has 0 fully saturated rings. The number of aromatic nitrogens is 1. The molecule has 1 aromatic heterocycles. The van der Waals surface area contributed by atoms with E-state index in [4.69, 9.17) is 28.9 Å². The predicted octanol–water partition coefficient (Wildman–Crippen LogP) is 4.64. The lowest BCUT2D eigenvalue weighted by atomic mass is 10.1. The highest BCUT2D eigenvalue weighted by Crippen LogP contribution is 2.26. The number of nitrogens with zero attached hydrogens (tertiary/aromatic N) is 1. The van der Waals surface area contributed by atoms with Crippen molar-refractivity contribution in [2.45, 2.75) is 32.4 Å². The summed E-state index contributed by atoms with van der Waals surface area (Å²) in [5.74, 6) is 0. The van der Waals surface area contributed by atoms with Crippen LogP contribution in [0.1, 0.15) is 36.9 Å². The molecular weight excluding hydrogens is 279 g/mol. The van der Waals surface area contributed by atoms with E-state index in [-0.39, 0.29) is 6.04 Å². The van der Waals surface area contributed by atoms with Crippen LogP contribution in [0.3, 0.4) is 0 Å². The lowest BCUT2D eigenvalue weighted by molar-refractivity contribution is 0.636. The molecule has 2 rings (SSSR count). The van der Waals surface area contributed by atoms with Gasteiger partial charge >= 0.3 is 0 Å². The van der Waals surface area contributed by atoms with Crippen LogP contribution < -0.4 is 5.73 Å². The maximum absolute atomic E-state index is 6.18. The van der Waals surface area contributed by atoms with Gasteiger partial charge in [0, 0.05) is 40.6 Å². The summed E-state index contributed by atoms with van der Waals surface area (Å²) in [7, 11) is 0. The molecule has 0 aliphatic carbocycles. The average molecular weight is 297 g/mol. The first-order valence-electron chi connectivity index (χ1n) is 6.46. The maximum Gasteiger partial charge on any atom is 0.0499 e. The van der Waals surface area contributed by atoms with E-state index in [0.717, 1.165) is 24.0 Å². The molecule has 2 aromatic rings. The standard InChI is InChI=1S/C15H18Cl2N2/c1-2-4-15(18)11-7-8-19(9-11)10-12-13(16)5-3-6-14(12)17/h3,5-9,15H,2,4,10,18H2,1H3. The highest BCUT2D eigenvalue weighted by atomic mass is 35.5. The number of rotatable bonds is 5. The Kier molecular flexibility index (Phi) is 4.92. The molecule has 1 aromatic carbocycles. The Hall–Kier alpha value is -0.960. The van der Waals surface area contributed by atoms with Crippen LogP contribution in [-0.4, -0.2) is 4.57 Å². The van der Waals surface area contributed by atoms with Crippen molar-refractivity contribution in [1.82, 2.24) is 4.57 Å². The molecule has 0 saturated heterocycles. The van der Waals surface area contributed by atoms with Gasteiger partial charge in [-0.3, -0.25) is 0 Å². The molecule has 19 heavy (non-hydrogen) atoms. The minimum atomic E-state index is 0.105. The summed E-state index contributed by atoms with van der Waals surface area (Å²) in [4.78, 5) is 0. The van der Waals surface area contributed by atoms with Gasteiger partial charge in [0.1, 0.15) is 0 Å². The average Bonchev–Trinajstić information content (AvgIpc) is 2.83. The number of hydrogen-bond donors (Lipinski definition) is 1. The molecule has 2 N–H and O–H groups in total. The lowest BCUT2D eigenvalue weighted by Crippen LogP contribution is -2.08. The molecule has 0 saturated carbocycles. The number of nitrogens with two attached hydrogens (primary N) is 1. The van der Waals surface area contributed by atoms with E-state index < -0.39 is 0 Å². The zero-order chi connectivity index (χ0) is 13.8. The van der Waals surface area contributed by atoms with Crippen LogP contribution in [0.4, 0.5) is 0 Å². The Morgan fingerprint density at radius 2 is 1.89 bits per heavy atom. The van der Waals surface area contributed by atoms with Crippen LogP contribution >= 0.6 is 23.2 Å². The van der Waals surface area contributed by atoms with Crippen LogP contribution in [0, 0.1) is 0 Å². The van der Waals surface area contributed by atoms with Gasteiger partial charge in [-0.2, -0.15) is 0 Å². The zero-order valence-corrected chi connectivity index (χ0v) is 12.5. The molecule has 0 amide bonds. The van der Waals surface area contributed by atoms with Gasteiger partial charge in [0.05, 0.1) is 0 Å². The third-order valence-electron chi connectivity index (χ3n) is 3.20. The van der Waals surface area contributed by atoms with Gasteiger partial charge in [-0.1, -0.05) is 42.6 Å². The van der Waals surface area contributed by atoms with Crippen molar-refractivity contribution in [1.29, 1.82) is 0 Å². The van der Waals surface area contributed by atoms with Crippen LogP contribution in [0.15, 0.2) is 36.7 Å². The molecule has 0 radical (unpaired) electrons. The molecule has 0 bridgehead atoms. The van der Waals surface area contributed by atoms with Crippen LogP contribution in [0.25, 0.3) is 0 Å². The van der Waals surface area contributed by atoms with Crippen molar-refractivity contribution in [3.05, 3.63) is 57.8 Å². The van der Waals surface area contributed by atoms with Crippen molar-refractivity contribution in [3.8, 4) is 0 Å². The molecule has 0 spiro atoms. The molecule has 0 aliphatic rings. The van der Waals surface area contributed by atoms with E-state index in [1.807, 2.05) is 24.4 Å². The second-order valence-electron chi connectivity index (χ2n) is 4.71. The van der Waals surface area contributed by atoms with Crippen molar-refractivity contribution in [3.63, 3.8) is 0 Å².